The average molecular weight is 762 g/mol. The number of H-pyrrole nitrogens is 2. The molecule has 0 radical (unpaired) electrons. The van der Waals surface area contributed by atoms with Gasteiger partial charge in [-0.25, -0.2) is 15.0 Å². The van der Waals surface area contributed by atoms with Crippen LogP contribution in [0.3, 0.4) is 0 Å². The van der Waals surface area contributed by atoms with E-state index in [2.05, 4.69) is 9.97 Å². The number of rotatable bonds is 10. The number of hydrogen-bond donors (Lipinski definition) is 2. The summed E-state index contributed by atoms with van der Waals surface area (Å²) >= 11 is 0. The zero-order chi connectivity index (χ0) is 39.2. The smallest absolute Gasteiger partial charge is 0.245 e. The van der Waals surface area contributed by atoms with Crippen molar-refractivity contribution in [2.75, 3.05) is 41.3 Å². The third-order valence-corrected chi connectivity index (χ3v) is 11.5. The van der Waals surface area contributed by atoms with E-state index in [-0.39, 0.29) is 36.0 Å². The Bertz CT molecular complexity index is 2540. The fraction of sp³-hybridized carbons (Fsp3) is 0.311. The topological polar surface area (TPSA) is 130 Å². The molecule has 9 rings (SSSR count). The quantitative estimate of drug-likeness (QED) is 0.145. The first kappa shape index (κ1) is 36.5. The van der Waals surface area contributed by atoms with Gasteiger partial charge < -0.3 is 24.2 Å². The highest BCUT2D eigenvalue weighted by Crippen LogP contribution is 2.39. The lowest BCUT2D eigenvalue weighted by atomic mass is 10.0. The van der Waals surface area contributed by atoms with Crippen LogP contribution in [0.2, 0.25) is 0 Å². The summed E-state index contributed by atoms with van der Waals surface area (Å²) in [6, 6.07) is 30.8. The van der Waals surface area contributed by atoms with Gasteiger partial charge in [0.1, 0.15) is 29.2 Å². The van der Waals surface area contributed by atoms with Gasteiger partial charge in [-0.1, -0.05) is 66.7 Å². The summed E-state index contributed by atoms with van der Waals surface area (Å²) in [7, 11) is 7.80. The zero-order valence-corrected chi connectivity index (χ0v) is 32.7. The van der Waals surface area contributed by atoms with Crippen molar-refractivity contribution in [3.8, 4) is 22.8 Å². The van der Waals surface area contributed by atoms with Crippen LogP contribution >= 0.6 is 0 Å². The summed E-state index contributed by atoms with van der Waals surface area (Å²) in [6.45, 7) is 1.37. The van der Waals surface area contributed by atoms with Crippen molar-refractivity contribution in [2.45, 2.75) is 49.9 Å². The number of carbonyl (C=O) groups is 2. The molecular formula is C45H47N9O3. The van der Waals surface area contributed by atoms with Gasteiger partial charge in [0.25, 0.3) is 0 Å². The molecule has 4 atom stereocenters. The first-order chi connectivity index (χ1) is 27.7. The number of imidazole rings is 2. The minimum Gasteiger partial charge on any atom is -0.436 e. The van der Waals surface area contributed by atoms with E-state index < -0.39 is 0 Å². The molecule has 0 spiro atoms. The second-order valence-electron chi connectivity index (χ2n) is 15.6. The Hall–Kier alpha value is -6.11. The maximum absolute atomic E-state index is 14.1. The number of nitrogens with zero attached hydrogens (tertiary/aromatic N) is 7. The molecule has 290 valence electrons. The fourth-order valence-corrected chi connectivity index (χ4v) is 8.79. The SMILES string of the molecule is CN(C)[C@@H](C(=O)N1CCC[C@H]1c1nc2ccc(-c3cnc(-c4cccc5[nH]c([C@@H]6CCCN6C(=O)[C@@H](c6ccccc6)N(C)C)nc45)o3)cc2[nH]1)c1ccccc1. The Kier molecular flexibility index (Phi) is 9.67. The maximum atomic E-state index is 14.1. The van der Waals surface area contributed by atoms with E-state index in [0.717, 1.165) is 81.7 Å². The molecule has 4 aromatic carbocycles. The number of amides is 2. The van der Waals surface area contributed by atoms with E-state index in [0.29, 0.717) is 24.7 Å². The minimum atomic E-state index is -0.382. The number of likely N-dealkylation sites (tertiary alicyclic amines) is 2. The number of benzene rings is 4. The van der Waals surface area contributed by atoms with Crippen LogP contribution in [0.15, 0.2) is 108 Å². The van der Waals surface area contributed by atoms with Gasteiger partial charge in [-0.15, -0.1) is 0 Å². The van der Waals surface area contributed by atoms with Crippen molar-refractivity contribution in [2.24, 2.45) is 0 Å². The molecule has 2 aliphatic heterocycles. The Morgan fingerprint density at radius 1 is 0.702 bits per heavy atom. The Morgan fingerprint density at radius 3 is 1.88 bits per heavy atom. The standard InChI is InChI=1S/C45H47N9O3/c1-51(2)39(28-14-7-5-8-15-28)44(55)53-24-12-20-35(53)41-47-32-23-22-30(26-34(32)49-41)37-27-46-43(57-37)31-18-11-19-33-38(31)50-42(48-33)36-21-13-25-54(36)45(56)40(52(3)4)29-16-9-6-10-17-29/h5-11,14-19,22-23,26-27,35-36,39-40H,12-13,20-21,24-25H2,1-4H3,(H,47,49)(H,48,50)/t35-,36-,39+,40+/m0/s1. The summed E-state index contributed by atoms with van der Waals surface area (Å²) < 4.78 is 6.43. The molecule has 2 amide bonds. The summed E-state index contributed by atoms with van der Waals surface area (Å²) in [4.78, 5) is 57.9. The molecule has 2 saturated heterocycles. The molecule has 0 saturated carbocycles. The molecule has 0 aliphatic carbocycles. The summed E-state index contributed by atoms with van der Waals surface area (Å²) in [5.41, 5.74) is 6.89. The molecule has 7 aromatic rings. The molecule has 57 heavy (non-hydrogen) atoms. The molecule has 0 bridgehead atoms. The highest BCUT2D eigenvalue weighted by atomic mass is 16.4. The van der Waals surface area contributed by atoms with Crippen LogP contribution in [0.25, 0.3) is 44.8 Å². The van der Waals surface area contributed by atoms with Gasteiger partial charge in [-0.05, 0) is 95.3 Å². The van der Waals surface area contributed by atoms with Crippen LogP contribution in [0.1, 0.15) is 72.6 Å². The van der Waals surface area contributed by atoms with Gasteiger partial charge in [0, 0.05) is 18.7 Å². The second-order valence-corrected chi connectivity index (χ2v) is 15.6. The van der Waals surface area contributed by atoms with E-state index in [1.54, 1.807) is 6.20 Å². The Labute approximate surface area is 331 Å². The molecule has 2 aliphatic rings. The van der Waals surface area contributed by atoms with E-state index >= 15 is 0 Å². The van der Waals surface area contributed by atoms with E-state index in [9.17, 15) is 9.59 Å². The van der Waals surface area contributed by atoms with Crippen molar-refractivity contribution in [3.05, 3.63) is 126 Å². The van der Waals surface area contributed by atoms with E-state index in [4.69, 9.17) is 19.4 Å². The Balaban J connectivity index is 0.961. The van der Waals surface area contributed by atoms with Crippen molar-refractivity contribution in [1.82, 2.24) is 44.5 Å². The molecule has 12 heteroatoms. The number of nitrogens with one attached hydrogen (secondary N) is 2. The van der Waals surface area contributed by atoms with Crippen molar-refractivity contribution in [3.63, 3.8) is 0 Å². The number of likely N-dealkylation sites (N-methyl/N-ethyl adjacent to an activating group) is 2. The summed E-state index contributed by atoms with van der Waals surface area (Å²) in [5.74, 6) is 2.79. The third-order valence-electron chi connectivity index (χ3n) is 11.5. The molecule has 0 unspecified atom stereocenters. The molecule has 12 nitrogen and oxygen atoms in total. The number of hydrogen-bond acceptors (Lipinski definition) is 8. The molecule has 2 fully saturated rings. The van der Waals surface area contributed by atoms with Crippen LogP contribution < -0.4 is 0 Å². The van der Waals surface area contributed by atoms with Crippen LogP contribution in [0, 0.1) is 0 Å². The van der Waals surface area contributed by atoms with Crippen LogP contribution in [-0.2, 0) is 9.59 Å². The van der Waals surface area contributed by atoms with Crippen LogP contribution in [0.5, 0.6) is 0 Å². The zero-order valence-electron chi connectivity index (χ0n) is 32.7. The second kappa shape index (κ2) is 15.1. The number of para-hydroxylation sites is 1. The molecular weight excluding hydrogens is 715 g/mol. The predicted molar refractivity (Wildman–Crippen MR) is 220 cm³/mol. The molecule has 2 N–H and O–H groups in total. The minimum absolute atomic E-state index is 0.0724. The number of aromatic amines is 2. The maximum Gasteiger partial charge on any atom is 0.245 e. The molecule has 5 heterocycles. The summed E-state index contributed by atoms with van der Waals surface area (Å²) in [5, 5.41) is 0. The van der Waals surface area contributed by atoms with Gasteiger partial charge in [-0.3, -0.25) is 19.4 Å². The normalized spacial score (nSPS) is 18.4. The first-order valence-corrected chi connectivity index (χ1v) is 19.7. The van der Waals surface area contributed by atoms with Crippen molar-refractivity contribution >= 4 is 33.9 Å². The lowest BCUT2D eigenvalue weighted by molar-refractivity contribution is -0.138. The van der Waals surface area contributed by atoms with Gasteiger partial charge in [0.2, 0.25) is 17.7 Å². The third kappa shape index (κ3) is 6.78. The van der Waals surface area contributed by atoms with Gasteiger partial charge in [0.15, 0.2) is 5.76 Å². The highest BCUT2D eigenvalue weighted by Gasteiger charge is 2.38. The predicted octanol–water partition coefficient (Wildman–Crippen LogP) is 7.69. The number of aromatic nitrogens is 5. The average Bonchev–Trinajstić information content (AvgIpc) is 4.06. The van der Waals surface area contributed by atoms with Crippen LogP contribution in [0.4, 0.5) is 0 Å². The van der Waals surface area contributed by atoms with E-state index in [1.807, 2.05) is 145 Å². The first-order valence-electron chi connectivity index (χ1n) is 19.7. The fourth-order valence-electron chi connectivity index (χ4n) is 8.79. The number of oxazole rings is 1. The lowest BCUT2D eigenvalue weighted by Crippen LogP contribution is -2.40. The van der Waals surface area contributed by atoms with Gasteiger partial charge in [0.05, 0.1) is 40.4 Å². The molecule has 3 aromatic heterocycles. The Morgan fingerprint density at radius 2 is 1.28 bits per heavy atom. The van der Waals surface area contributed by atoms with Crippen molar-refractivity contribution < 1.29 is 14.0 Å². The van der Waals surface area contributed by atoms with Gasteiger partial charge >= 0.3 is 0 Å². The monoisotopic (exact) mass is 761 g/mol. The van der Waals surface area contributed by atoms with Gasteiger partial charge in [-0.2, -0.15) is 0 Å². The lowest BCUT2D eigenvalue weighted by Gasteiger charge is -2.31. The van der Waals surface area contributed by atoms with Crippen molar-refractivity contribution in [1.29, 1.82) is 0 Å². The number of fused-ring (bicyclic) bond motifs is 2. The number of carbonyl (C=O) groups excluding carboxylic acids is 2. The largest absolute Gasteiger partial charge is 0.436 e. The van der Waals surface area contributed by atoms with Crippen LogP contribution in [-0.4, -0.2) is 97.6 Å². The summed E-state index contributed by atoms with van der Waals surface area (Å²) in [6.07, 6.45) is 5.24. The highest BCUT2D eigenvalue weighted by molar-refractivity contribution is 5.91. The van der Waals surface area contributed by atoms with E-state index in [1.165, 1.54) is 0 Å².